The summed E-state index contributed by atoms with van der Waals surface area (Å²) in [7, 11) is 0. The standard InChI is InChI=1S/C9H11NO4/c10-9(7(13)14)3-1-4-5(9)8(4,2-3)6(11)12/h3-5H,1-2,10H2,(H,11,12)(H,13,14)/t3-,4-,5+,8-,9+/m1/s1. The molecule has 14 heavy (non-hydrogen) atoms. The number of nitrogens with two attached hydrogens (primary N) is 1. The molecule has 0 heterocycles. The highest BCUT2D eigenvalue weighted by Gasteiger charge is 2.88. The summed E-state index contributed by atoms with van der Waals surface area (Å²) in [5, 5.41) is 18.1. The van der Waals surface area contributed by atoms with Crippen LogP contribution in [0.2, 0.25) is 0 Å². The highest BCUT2D eigenvalue weighted by molar-refractivity contribution is 5.90. The van der Waals surface area contributed by atoms with Gasteiger partial charge in [-0.05, 0) is 24.7 Å². The molecule has 0 aromatic rings. The number of rotatable bonds is 2. The van der Waals surface area contributed by atoms with E-state index in [4.69, 9.17) is 15.9 Å². The molecule has 4 aliphatic carbocycles. The molecule has 4 aliphatic rings. The Hall–Kier alpha value is -1.10. The van der Waals surface area contributed by atoms with Gasteiger partial charge in [0.05, 0.1) is 5.41 Å². The van der Waals surface area contributed by atoms with Crippen LogP contribution >= 0.6 is 0 Å². The number of carboxylic acids is 2. The van der Waals surface area contributed by atoms with Gasteiger partial charge in [0, 0.05) is 5.92 Å². The smallest absolute Gasteiger partial charge is 0.324 e. The van der Waals surface area contributed by atoms with Gasteiger partial charge in [-0.25, -0.2) is 0 Å². The molecule has 0 aromatic carbocycles. The fraction of sp³-hybridized carbons (Fsp3) is 0.778. The van der Waals surface area contributed by atoms with Crippen molar-refractivity contribution >= 4 is 11.9 Å². The van der Waals surface area contributed by atoms with Gasteiger partial charge in [0.15, 0.2) is 0 Å². The Morgan fingerprint density at radius 1 is 1.29 bits per heavy atom. The summed E-state index contributed by atoms with van der Waals surface area (Å²) in [6.07, 6.45) is 1.14. The first-order chi connectivity index (χ1) is 6.45. The van der Waals surface area contributed by atoms with E-state index in [1.165, 1.54) is 0 Å². The lowest BCUT2D eigenvalue weighted by molar-refractivity contribution is -0.145. The van der Waals surface area contributed by atoms with Crippen LogP contribution < -0.4 is 5.73 Å². The van der Waals surface area contributed by atoms with Crippen molar-refractivity contribution in [2.24, 2.45) is 28.9 Å². The number of carbonyl (C=O) groups is 2. The van der Waals surface area contributed by atoms with Crippen molar-refractivity contribution in [3.05, 3.63) is 0 Å². The van der Waals surface area contributed by atoms with Crippen LogP contribution in [-0.2, 0) is 9.59 Å². The minimum Gasteiger partial charge on any atom is -0.481 e. The Labute approximate surface area is 79.9 Å². The number of hydrogen-bond acceptors (Lipinski definition) is 3. The topological polar surface area (TPSA) is 101 Å². The maximum Gasteiger partial charge on any atom is 0.324 e. The van der Waals surface area contributed by atoms with E-state index in [-0.39, 0.29) is 17.8 Å². The van der Waals surface area contributed by atoms with E-state index < -0.39 is 22.9 Å². The first kappa shape index (κ1) is 8.23. The Balaban J connectivity index is 2.06. The van der Waals surface area contributed by atoms with Gasteiger partial charge in [0.2, 0.25) is 0 Å². The second kappa shape index (κ2) is 1.82. The van der Waals surface area contributed by atoms with Crippen molar-refractivity contribution in [2.45, 2.75) is 18.4 Å². The zero-order valence-electron chi connectivity index (χ0n) is 7.43. The molecule has 4 rings (SSSR count). The third-order valence-corrected chi connectivity index (χ3v) is 4.59. The average molecular weight is 197 g/mol. The predicted molar refractivity (Wildman–Crippen MR) is 44.3 cm³/mol. The number of hydrogen-bond donors (Lipinski definition) is 3. The lowest BCUT2D eigenvalue weighted by atomic mass is 9.90. The second-order valence-corrected chi connectivity index (χ2v) is 4.80. The molecule has 4 saturated carbocycles. The SMILES string of the molecule is N[C@@]1(C(=O)O)[C@@H]2C[C@@H]3[C@H]1[C@@]3(C(=O)O)C2. The monoisotopic (exact) mass is 197 g/mol. The summed E-state index contributed by atoms with van der Waals surface area (Å²) in [5.41, 5.74) is 3.79. The van der Waals surface area contributed by atoms with Crippen molar-refractivity contribution in [3.63, 3.8) is 0 Å². The maximum atomic E-state index is 11.1. The fourth-order valence-corrected chi connectivity index (χ4v) is 4.00. The molecule has 0 saturated heterocycles. The molecule has 5 nitrogen and oxygen atoms in total. The zero-order valence-corrected chi connectivity index (χ0v) is 7.43. The van der Waals surface area contributed by atoms with Gasteiger partial charge in [-0.15, -0.1) is 0 Å². The van der Waals surface area contributed by atoms with E-state index in [0.717, 1.165) is 0 Å². The molecule has 0 aromatic heterocycles. The molecule has 5 heteroatoms. The van der Waals surface area contributed by atoms with E-state index in [1.54, 1.807) is 0 Å². The van der Waals surface area contributed by atoms with E-state index in [2.05, 4.69) is 0 Å². The van der Waals surface area contributed by atoms with Crippen molar-refractivity contribution in [1.82, 2.24) is 0 Å². The quantitative estimate of drug-likeness (QED) is 0.554. The van der Waals surface area contributed by atoms with Crippen molar-refractivity contribution in [2.75, 3.05) is 0 Å². The summed E-state index contributed by atoms with van der Waals surface area (Å²) < 4.78 is 0. The summed E-state index contributed by atoms with van der Waals surface area (Å²) in [6.45, 7) is 0. The summed E-state index contributed by atoms with van der Waals surface area (Å²) in [6, 6.07) is 0. The van der Waals surface area contributed by atoms with E-state index in [9.17, 15) is 9.59 Å². The Bertz CT molecular complexity index is 368. The summed E-state index contributed by atoms with van der Waals surface area (Å²) in [4.78, 5) is 22.1. The molecule has 76 valence electrons. The molecule has 0 aliphatic heterocycles. The van der Waals surface area contributed by atoms with Crippen LogP contribution in [0.25, 0.3) is 0 Å². The highest BCUT2D eigenvalue weighted by Crippen LogP contribution is 2.81. The second-order valence-electron chi connectivity index (χ2n) is 4.80. The Morgan fingerprint density at radius 3 is 2.21 bits per heavy atom. The van der Waals surface area contributed by atoms with Gasteiger partial charge in [-0.3, -0.25) is 9.59 Å². The van der Waals surface area contributed by atoms with E-state index in [1.807, 2.05) is 0 Å². The van der Waals surface area contributed by atoms with Gasteiger partial charge >= 0.3 is 11.9 Å². The molecule has 0 radical (unpaired) electrons. The van der Waals surface area contributed by atoms with Crippen molar-refractivity contribution < 1.29 is 19.8 Å². The molecular weight excluding hydrogens is 186 g/mol. The first-order valence-electron chi connectivity index (χ1n) is 4.71. The molecule has 0 spiro atoms. The van der Waals surface area contributed by atoms with Crippen LogP contribution in [-0.4, -0.2) is 27.7 Å². The van der Waals surface area contributed by atoms with Crippen LogP contribution in [0.3, 0.4) is 0 Å². The normalized spacial score (nSPS) is 57.4. The molecule has 4 bridgehead atoms. The van der Waals surface area contributed by atoms with Crippen molar-refractivity contribution in [3.8, 4) is 0 Å². The van der Waals surface area contributed by atoms with Crippen molar-refractivity contribution in [1.29, 1.82) is 0 Å². The highest BCUT2D eigenvalue weighted by atomic mass is 16.4. The van der Waals surface area contributed by atoms with Crippen LogP contribution in [0, 0.1) is 23.2 Å². The lowest BCUT2D eigenvalue weighted by Crippen LogP contribution is -2.51. The molecule has 0 unspecified atom stereocenters. The lowest BCUT2D eigenvalue weighted by Gasteiger charge is -2.22. The van der Waals surface area contributed by atoms with Crippen LogP contribution in [0.1, 0.15) is 12.8 Å². The third-order valence-electron chi connectivity index (χ3n) is 4.59. The maximum absolute atomic E-state index is 11.1. The molecular formula is C9H11NO4. The van der Waals surface area contributed by atoms with Crippen LogP contribution in [0.5, 0.6) is 0 Å². The molecule has 0 amide bonds. The van der Waals surface area contributed by atoms with Gasteiger partial charge in [0.1, 0.15) is 5.54 Å². The minimum absolute atomic E-state index is 0.0195. The largest absolute Gasteiger partial charge is 0.481 e. The number of aliphatic carboxylic acids is 2. The molecule has 5 atom stereocenters. The van der Waals surface area contributed by atoms with Crippen LogP contribution in [0.4, 0.5) is 0 Å². The van der Waals surface area contributed by atoms with E-state index >= 15 is 0 Å². The molecule has 4 N–H and O–H groups in total. The van der Waals surface area contributed by atoms with Crippen LogP contribution in [0.15, 0.2) is 0 Å². The van der Waals surface area contributed by atoms with Gasteiger partial charge < -0.3 is 15.9 Å². The zero-order chi connectivity index (χ0) is 10.3. The first-order valence-corrected chi connectivity index (χ1v) is 4.71. The number of carboxylic acid groups (broad SMARTS) is 2. The molecule has 4 fully saturated rings. The van der Waals surface area contributed by atoms with E-state index in [0.29, 0.717) is 12.8 Å². The Morgan fingerprint density at radius 2 is 1.93 bits per heavy atom. The predicted octanol–water partition coefficient (Wildman–Crippen LogP) is -0.491. The minimum atomic E-state index is -1.26. The average Bonchev–Trinajstić information content (AvgIpc) is 2.45. The Kier molecular flexibility index (Phi) is 1.07. The fourth-order valence-electron chi connectivity index (χ4n) is 4.00. The van der Waals surface area contributed by atoms with Gasteiger partial charge in [-0.2, -0.15) is 0 Å². The summed E-state index contributed by atoms with van der Waals surface area (Å²) in [5.74, 6) is -2.33. The van der Waals surface area contributed by atoms with Gasteiger partial charge in [-0.1, -0.05) is 0 Å². The summed E-state index contributed by atoms with van der Waals surface area (Å²) >= 11 is 0. The third kappa shape index (κ3) is 0.507. The van der Waals surface area contributed by atoms with Gasteiger partial charge in [0.25, 0.3) is 0 Å².